The number of aromatic nitrogens is 3. The standard InChI is InChI=1S/C25H30ClN5O3S/c1-5-18-10-12-19(13-11-18)34-17(4)24(33)27-14-22-29-30-25(31(22)6-2)35-15-23(32)28-21-9-7-8-20(26)16(21)3/h7-13,17H,5-6,14-15H2,1-4H3,(H,27,33)(H,28,32)/t17-/m1/s1. The van der Waals surface area contributed by atoms with Crippen LogP contribution in [0, 0.1) is 6.92 Å². The molecule has 35 heavy (non-hydrogen) atoms. The summed E-state index contributed by atoms with van der Waals surface area (Å²) in [6, 6.07) is 13.1. The van der Waals surface area contributed by atoms with Crippen LogP contribution in [0.25, 0.3) is 0 Å². The van der Waals surface area contributed by atoms with E-state index >= 15 is 0 Å². The van der Waals surface area contributed by atoms with E-state index in [-0.39, 0.29) is 24.1 Å². The van der Waals surface area contributed by atoms with Crippen molar-refractivity contribution < 1.29 is 14.3 Å². The van der Waals surface area contributed by atoms with Crippen LogP contribution in [0.1, 0.15) is 37.7 Å². The van der Waals surface area contributed by atoms with E-state index in [2.05, 4.69) is 27.8 Å². The van der Waals surface area contributed by atoms with Gasteiger partial charge in [0.15, 0.2) is 17.1 Å². The van der Waals surface area contributed by atoms with Gasteiger partial charge in [-0.3, -0.25) is 9.59 Å². The van der Waals surface area contributed by atoms with E-state index in [0.717, 1.165) is 12.0 Å². The highest BCUT2D eigenvalue weighted by molar-refractivity contribution is 7.99. The number of aryl methyl sites for hydroxylation is 1. The van der Waals surface area contributed by atoms with Crippen molar-refractivity contribution in [1.29, 1.82) is 0 Å². The Morgan fingerprint density at radius 3 is 2.57 bits per heavy atom. The molecular weight excluding hydrogens is 486 g/mol. The van der Waals surface area contributed by atoms with Crippen molar-refractivity contribution in [2.45, 2.75) is 58.5 Å². The van der Waals surface area contributed by atoms with Gasteiger partial charge in [0.05, 0.1) is 12.3 Å². The van der Waals surface area contributed by atoms with Crippen LogP contribution in [0.15, 0.2) is 47.6 Å². The van der Waals surface area contributed by atoms with Crippen molar-refractivity contribution in [3.05, 3.63) is 64.4 Å². The Hall–Kier alpha value is -3.04. The van der Waals surface area contributed by atoms with Crippen LogP contribution in [0.3, 0.4) is 0 Å². The molecule has 2 amide bonds. The summed E-state index contributed by atoms with van der Waals surface area (Å²) in [5.41, 5.74) is 2.71. The lowest BCUT2D eigenvalue weighted by Crippen LogP contribution is -2.36. The van der Waals surface area contributed by atoms with Crippen LogP contribution in [0.2, 0.25) is 5.02 Å². The molecule has 0 saturated heterocycles. The van der Waals surface area contributed by atoms with Gasteiger partial charge in [-0.05, 0) is 62.6 Å². The van der Waals surface area contributed by atoms with Gasteiger partial charge in [-0.15, -0.1) is 10.2 Å². The van der Waals surface area contributed by atoms with Gasteiger partial charge in [0.2, 0.25) is 5.91 Å². The first-order valence-corrected chi connectivity index (χ1v) is 12.8. The number of carbonyl (C=O) groups is 2. The van der Waals surface area contributed by atoms with E-state index in [0.29, 0.717) is 34.0 Å². The Morgan fingerprint density at radius 1 is 1.14 bits per heavy atom. The van der Waals surface area contributed by atoms with Gasteiger partial charge in [-0.2, -0.15) is 0 Å². The molecule has 0 radical (unpaired) electrons. The number of anilines is 1. The monoisotopic (exact) mass is 515 g/mol. The summed E-state index contributed by atoms with van der Waals surface area (Å²) in [5, 5.41) is 15.3. The number of halogens is 1. The number of thioether (sulfide) groups is 1. The topological polar surface area (TPSA) is 98.1 Å². The maximum atomic E-state index is 12.5. The number of nitrogens with one attached hydrogen (secondary N) is 2. The van der Waals surface area contributed by atoms with Gasteiger partial charge < -0.3 is 19.9 Å². The minimum atomic E-state index is -0.659. The SMILES string of the molecule is CCc1ccc(O[C@H](C)C(=O)NCc2nnc(SCC(=O)Nc3cccc(Cl)c3C)n2CC)cc1. The van der Waals surface area contributed by atoms with Crippen LogP contribution < -0.4 is 15.4 Å². The first-order chi connectivity index (χ1) is 16.8. The van der Waals surface area contributed by atoms with E-state index < -0.39 is 6.10 Å². The van der Waals surface area contributed by atoms with Gasteiger partial charge >= 0.3 is 0 Å². The average Bonchev–Trinajstić information content (AvgIpc) is 3.26. The molecule has 3 aromatic rings. The van der Waals surface area contributed by atoms with Crippen LogP contribution in [-0.4, -0.2) is 38.4 Å². The number of benzene rings is 2. The Bertz CT molecular complexity index is 1170. The minimum absolute atomic E-state index is 0.165. The molecule has 8 nitrogen and oxygen atoms in total. The Morgan fingerprint density at radius 2 is 1.89 bits per heavy atom. The molecule has 3 rings (SSSR count). The molecule has 0 aliphatic carbocycles. The fourth-order valence-electron chi connectivity index (χ4n) is 3.30. The van der Waals surface area contributed by atoms with Crippen molar-refractivity contribution in [3.8, 4) is 5.75 Å². The highest BCUT2D eigenvalue weighted by Gasteiger charge is 2.18. The number of carbonyl (C=O) groups excluding carboxylic acids is 2. The summed E-state index contributed by atoms with van der Waals surface area (Å²) in [4.78, 5) is 25.0. The molecule has 0 unspecified atom stereocenters. The van der Waals surface area contributed by atoms with E-state index in [9.17, 15) is 9.59 Å². The van der Waals surface area contributed by atoms with Gasteiger partial charge in [0.25, 0.3) is 5.91 Å². The lowest BCUT2D eigenvalue weighted by Gasteiger charge is -2.15. The number of hydrogen-bond donors (Lipinski definition) is 2. The van der Waals surface area contributed by atoms with E-state index in [1.54, 1.807) is 19.1 Å². The van der Waals surface area contributed by atoms with E-state index in [1.807, 2.05) is 48.7 Å². The molecule has 0 bridgehead atoms. The second kappa shape index (κ2) is 12.6. The molecule has 0 fully saturated rings. The molecule has 1 aromatic heterocycles. The van der Waals surface area contributed by atoms with Gasteiger partial charge in [0, 0.05) is 17.3 Å². The van der Waals surface area contributed by atoms with E-state index in [4.69, 9.17) is 16.3 Å². The molecule has 10 heteroatoms. The Labute approximate surface area is 214 Å². The summed E-state index contributed by atoms with van der Waals surface area (Å²) in [7, 11) is 0. The molecule has 0 saturated carbocycles. The normalized spacial score (nSPS) is 11.7. The molecular formula is C25H30ClN5O3S. The zero-order valence-corrected chi connectivity index (χ0v) is 21.9. The predicted molar refractivity (Wildman–Crippen MR) is 139 cm³/mol. The maximum Gasteiger partial charge on any atom is 0.261 e. The summed E-state index contributed by atoms with van der Waals surface area (Å²) in [5.74, 6) is 0.998. The van der Waals surface area contributed by atoms with E-state index in [1.165, 1.54) is 17.3 Å². The number of ether oxygens (including phenoxy) is 1. The van der Waals surface area contributed by atoms with Crippen molar-refractivity contribution in [2.75, 3.05) is 11.1 Å². The molecule has 2 aromatic carbocycles. The van der Waals surface area contributed by atoms with Crippen LogP contribution >= 0.6 is 23.4 Å². The number of nitrogens with zero attached hydrogens (tertiary/aromatic N) is 3. The van der Waals surface area contributed by atoms with Crippen LogP contribution in [0.5, 0.6) is 5.75 Å². The largest absolute Gasteiger partial charge is 0.481 e. The molecule has 1 atom stereocenters. The lowest BCUT2D eigenvalue weighted by atomic mass is 10.2. The number of rotatable bonds is 11. The third kappa shape index (κ3) is 7.22. The van der Waals surface area contributed by atoms with Crippen LogP contribution in [0.4, 0.5) is 5.69 Å². The molecule has 2 N–H and O–H groups in total. The van der Waals surface area contributed by atoms with Crippen molar-refractivity contribution in [2.24, 2.45) is 0 Å². The molecule has 0 aliphatic heterocycles. The number of amides is 2. The first kappa shape index (κ1) is 26.6. The van der Waals surface area contributed by atoms with Crippen LogP contribution in [-0.2, 0) is 29.1 Å². The molecule has 0 spiro atoms. The van der Waals surface area contributed by atoms with Crippen molar-refractivity contribution in [1.82, 2.24) is 20.1 Å². The number of hydrogen-bond acceptors (Lipinski definition) is 6. The highest BCUT2D eigenvalue weighted by atomic mass is 35.5. The zero-order valence-electron chi connectivity index (χ0n) is 20.3. The summed E-state index contributed by atoms with van der Waals surface area (Å²) >= 11 is 7.40. The molecule has 1 heterocycles. The summed E-state index contributed by atoms with van der Waals surface area (Å²) in [6.45, 7) is 8.41. The fourth-order valence-corrected chi connectivity index (χ4v) is 4.30. The third-order valence-electron chi connectivity index (χ3n) is 5.42. The fraction of sp³-hybridized carbons (Fsp3) is 0.360. The van der Waals surface area contributed by atoms with Gasteiger partial charge in [0.1, 0.15) is 5.75 Å². The average molecular weight is 516 g/mol. The Balaban J connectivity index is 1.52. The quantitative estimate of drug-likeness (QED) is 0.361. The van der Waals surface area contributed by atoms with Crippen molar-refractivity contribution >= 4 is 40.9 Å². The maximum absolute atomic E-state index is 12.5. The first-order valence-electron chi connectivity index (χ1n) is 11.5. The second-order valence-electron chi connectivity index (χ2n) is 7.87. The Kier molecular flexibility index (Phi) is 9.56. The lowest BCUT2D eigenvalue weighted by molar-refractivity contribution is -0.127. The zero-order chi connectivity index (χ0) is 25.4. The summed E-state index contributed by atoms with van der Waals surface area (Å²) in [6.07, 6.45) is 0.286. The van der Waals surface area contributed by atoms with Crippen molar-refractivity contribution in [3.63, 3.8) is 0 Å². The second-order valence-corrected chi connectivity index (χ2v) is 9.22. The molecule has 0 aliphatic rings. The van der Waals surface area contributed by atoms with Gasteiger partial charge in [-0.25, -0.2) is 0 Å². The predicted octanol–water partition coefficient (Wildman–Crippen LogP) is 4.64. The smallest absolute Gasteiger partial charge is 0.261 e. The van der Waals surface area contributed by atoms with Gasteiger partial charge in [-0.1, -0.05) is 48.5 Å². The summed E-state index contributed by atoms with van der Waals surface area (Å²) < 4.78 is 7.62. The third-order valence-corrected chi connectivity index (χ3v) is 6.79. The molecule has 186 valence electrons. The minimum Gasteiger partial charge on any atom is -0.481 e. The highest BCUT2D eigenvalue weighted by Crippen LogP contribution is 2.24.